The van der Waals surface area contributed by atoms with E-state index in [1.54, 1.807) is 32.8 Å². The number of carboxylic acids is 1. The summed E-state index contributed by atoms with van der Waals surface area (Å²) in [6, 6.07) is 4.94. The molecular weight excluding hydrogens is 284 g/mol. The van der Waals surface area contributed by atoms with Crippen LogP contribution in [0, 0.1) is 0 Å². The van der Waals surface area contributed by atoms with Gasteiger partial charge in [-0.2, -0.15) is 0 Å². The molecule has 1 rings (SSSR count). The Morgan fingerprint density at radius 2 is 2.25 bits per heavy atom. The fraction of sp³-hybridized carbons (Fsp3) is 0.300. The first-order chi connectivity index (χ1) is 7.65. The van der Waals surface area contributed by atoms with Crippen molar-refractivity contribution in [3.8, 4) is 0 Å². The van der Waals surface area contributed by atoms with Gasteiger partial charge >= 0.3 is 5.97 Å². The fourth-order valence-corrected chi connectivity index (χ4v) is 5.02. The number of halogens is 1. The van der Waals surface area contributed by atoms with E-state index in [0.717, 1.165) is 17.1 Å². The molecule has 1 aromatic rings. The molecule has 0 amide bonds. The minimum atomic E-state index is -0.939. The molecule has 0 bridgehead atoms. The van der Waals surface area contributed by atoms with Crippen LogP contribution in [0.4, 0.5) is 0 Å². The van der Waals surface area contributed by atoms with Crippen molar-refractivity contribution in [1.82, 2.24) is 0 Å². The Labute approximate surface area is 111 Å². The summed E-state index contributed by atoms with van der Waals surface area (Å²) in [6.45, 7) is 2.11. The van der Waals surface area contributed by atoms with E-state index in [0.29, 0.717) is 5.02 Å². The lowest BCUT2D eigenvalue weighted by atomic mass is 10.2. The summed E-state index contributed by atoms with van der Waals surface area (Å²) in [7, 11) is 4.79. The highest BCUT2D eigenvalue weighted by atomic mass is 35.5. The van der Waals surface area contributed by atoms with Crippen LogP contribution in [0.1, 0.15) is 23.7 Å². The minimum absolute atomic E-state index is 0.266. The lowest BCUT2D eigenvalue weighted by molar-refractivity contribution is 0.0693. The second-order valence-corrected chi connectivity index (χ2v) is 7.58. The molecule has 88 valence electrons. The van der Waals surface area contributed by atoms with Crippen LogP contribution in [-0.2, 0) is 0 Å². The van der Waals surface area contributed by atoms with Crippen molar-refractivity contribution in [2.24, 2.45) is 0 Å². The van der Waals surface area contributed by atoms with E-state index < -0.39 is 5.97 Å². The summed E-state index contributed by atoms with van der Waals surface area (Å²) in [5, 5.41) is 9.46. The summed E-state index contributed by atoms with van der Waals surface area (Å²) in [6.07, 6.45) is 1.12. The Kier molecular flexibility index (Phi) is 6.49. The third-order valence-electron chi connectivity index (χ3n) is 1.63. The molecule has 0 spiro atoms. The van der Waals surface area contributed by atoms with Crippen LogP contribution >= 0.6 is 43.0 Å². The molecule has 0 fully saturated rings. The largest absolute Gasteiger partial charge is 0.478 e. The molecule has 0 aromatic heterocycles. The van der Waals surface area contributed by atoms with Gasteiger partial charge in [0, 0.05) is 15.7 Å². The molecule has 0 heterocycles. The maximum Gasteiger partial charge on any atom is 0.336 e. The number of hydrogen-bond acceptors (Lipinski definition) is 4. The van der Waals surface area contributed by atoms with Gasteiger partial charge in [0.05, 0.1) is 5.56 Å². The third-order valence-corrected chi connectivity index (χ3v) is 6.15. The second-order valence-electron chi connectivity index (χ2n) is 2.92. The highest BCUT2D eigenvalue weighted by Gasteiger charge is 2.11. The minimum Gasteiger partial charge on any atom is -0.478 e. The van der Waals surface area contributed by atoms with Crippen LogP contribution in [0.15, 0.2) is 23.1 Å². The van der Waals surface area contributed by atoms with E-state index in [-0.39, 0.29) is 5.56 Å². The van der Waals surface area contributed by atoms with E-state index in [4.69, 9.17) is 16.7 Å². The Hall–Kier alpha value is 0.0300. The molecule has 6 heteroatoms. The average molecular weight is 295 g/mol. The molecule has 1 aromatic carbocycles. The molecule has 16 heavy (non-hydrogen) atoms. The van der Waals surface area contributed by atoms with Gasteiger partial charge in [0.2, 0.25) is 0 Å². The van der Waals surface area contributed by atoms with E-state index in [1.165, 1.54) is 16.9 Å². The Morgan fingerprint density at radius 1 is 1.50 bits per heavy atom. The van der Waals surface area contributed by atoms with Gasteiger partial charge < -0.3 is 5.11 Å². The SMILES string of the molecule is CCCSSSc1ccc(Cl)cc1C(=O)O. The summed E-state index contributed by atoms with van der Waals surface area (Å²) in [5.41, 5.74) is 0.266. The highest BCUT2D eigenvalue weighted by molar-refractivity contribution is 9.09. The third kappa shape index (κ3) is 4.49. The van der Waals surface area contributed by atoms with Crippen LogP contribution in [0.2, 0.25) is 5.02 Å². The number of carbonyl (C=O) groups is 1. The van der Waals surface area contributed by atoms with Crippen molar-refractivity contribution >= 4 is 49.0 Å². The van der Waals surface area contributed by atoms with Crippen molar-refractivity contribution in [1.29, 1.82) is 0 Å². The van der Waals surface area contributed by atoms with Crippen LogP contribution in [0.3, 0.4) is 0 Å². The summed E-state index contributed by atoms with van der Waals surface area (Å²) < 4.78 is 0. The standard InChI is InChI=1S/C10H11ClO2S3/c1-2-5-14-16-15-9-4-3-7(11)6-8(9)10(12)13/h3-4,6H,2,5H2,1H3,(H,12,13). The van der Waals surface area contributed by atoms with Crippen LogP contribution in [0.25, 0.3) is 0 Å². The molecule has 0 unspecified atom stereocenters. The second kappa shape index (κ2) is 7.37. The smallest absolute Gasteiger partial charge is 0.336 e. The molecular formula is C10H11ClO2S3. The van der Waals surface area contributed by atoms with Crippen molar-refractivity contribution in [2.75, 3.05) is 5.75 Å². The van der Waals surface area contributed by atoms with Gasteiger partial charge in [-0.1, -0.05) is 29.3 Å². The van der Waals surface area contributed by atoms with E-state index in [9.17, 15) is 4.79 Å². The molecule has 0 radical (unpaired) electrons. The highest BCUT2D eigenvalue weighted by Crippen LogP contribution is 2.42. The molecule has 0 saturated carbocycles. The molecule has 0 aliphatic carbocycles. The number of hydrogen-bond donors (Lipinski definition) is 1. The molecule has 0 aliphatic rings. The maximum atomic E-state index is 11.0. The number of aromatic carboxylic acids is 1. The summed E-state index contributed by atoms with van der Waals surface area (Å²) in [5.74, 6) is 0.124. The Morgan fingerprint density at radius 3 is 2.88 bits per heavy atom. The zero-order valence-electron chi connectivity index (χ0n) is 8.60. The van der Waals surface area contributed by atoms with Gasteiger partial charge in [-0.3, -0.25) is 0 Å². The summed E-state index contributed by atoms with van der Waals surface area (Å²) >= 11 is 5.76. The Bertz CT molecular complexity index is 371. The van der Waals surface area contributed by atoms with Crippen molar-refractivity contribution < 1.29 is 9.90 Å². The molecule has 0 atom stereocenters. The lowest BCUT2D eigenvalue weighted by Gasteiger charge is -2.04. The van der Waals surface area contributed by atoms with Gasteiger partial charge in [-0.05, 0) is 45.2 Å². The quantitative estimate of drug-likeness (QED) is 0.600. The zero-order chi connectivity index (χ0) is 12.0. The van der Waals surface area contributed by atoms with Gasteiger partial charge in [0.1, 0.15) is 0 Å². The predicted octanol–water partition coefficient (Wildman–Crippen LogP) is 4.84. The topological polar surface area (TPSA) is 37.3 Å². The fourth-order valence-electron chi connectivity index (χ4n) is 0.920. The monoisotopic (exact) mass is 294 g/mol. The first-order valence-electron chi connectivity index (χ1n) is 4.64. The molecule has 0 aliphatic heterocycles. The van der Waals surface area contributed by atoms with Crippen molar-refractivity contribution in [3.05, 3.63) is 28.8 Å². The molecule has 0 saturated heterocycles. The van der Waals surface area contributed by atoms with Crippen molar-refractivity contribution in [3.63, 3.8) is 0 Å². The van der Waals surface area contributed by atoms with Crippen molar-refractivity contribution in [2.45, 2.75) is 18.2 Å². The van der Waals surface area contributed by atoms with Crippen LogP contribution in [-0.4, -0.2) is 16.8 Å². The normalized spacial score (nSPS) is 10.4. The van der Waals surface area contributed by atoms with E-state index in [1.807, 2.05) is 0 Å². The number of rotatable bonds is 6. The average Bonchev–Trinajstić information content (AvgIpc) is 2.26. The van der Waals surface area contributed by atoms with Gasteiger partial charge in [-0.25, -0.2) is 4.79 Å². The lowest BCUT2D eigenvalue weighted by Crippen LogP contribution is -1.97. The van der Waals surface area contributed by atoms with E-state index in [2.05, 4.69) is 6.92 Å². The molecule has 2 nitrogen and oxygen atoms in total. The summed E-state index contributed by atoms with van der Waals surface area (Å²) in [4.78, 5) is 11.7. The first kappa shape index (κ1) is 14.1. The van der Waals surface area contributed by atoms with Gasteiger partial charge in [-0.15, -0.1) is 0 Å². The molecule has 1 N–H and O–H groups in total. The Balaban J connectivity index is 2.67. The zero-order valence-corrected chi connectivity index (χ0v) is 11.8. The number of benzene rings is 1. The number of carboxylic acid groups (broad SMARTS) is 1. The van der Waals surface area contributed by atoms with Crippen LogP contribution in [0.5, 0.6) is 0 Å². The van der Waals surface area contributed by atoms with Crippen LogP contribution < -0.4 is 0 Å². The first-order valence-corrected chi connectivity index (χ1v) is 8.67. The predicted molar refractivity (Wildman–Crippen MR) is 74.6 cm³/mol. The van der Waals surface area contributed by atoms with Gasteiger partial charge in [0.15, 0.2) is 0 Å². The van der Waals surface area contributed by atoms with Gasteiger partial charge in [0.25, 0.3) is 0 Å². The maximum absolute atomic E-state index is 11.0. The van der Waals surface area contributed by atoms with E-state index >= 15 is 0 Å².